The topological polar surface area (TPSA) is 47.4 Å². The number of carbonyl (C=O) groups excluding carboxylic acids is 1. The van der Waals surface area contributed by atoms with Crippen molar-refractivity contribution in [2.45, 2.75) is 13.8 Å². The van der Waals surface area contributed by atoms with Gasteiger partial charge < -0.3 is 14.2 Å². The lowest BCUT2D eigenvalue weighted by atomic mass is 9.82. The smallest absolute Gasteiger partial charge is 0.315 e. The Kier molecular flexibility index (Phi) is 2.61. The van der Waals surface area contributed by atoms with Crippen molar-refractivity contribution in [2.75, 3.05) is 24.6 Å². The summed E-state index contributed by atoms with van der Waals surface area (Å²) in [5.74, 6) is 0.794. The number of carbonyl (C=O) groups is 1. The molecule has 2 heterocycles. The summed E-state index contributed by atoms with van der Waals surface area (Å²) >= 11 is 0. The van der Waals surface area contributed by atoms with Gasteiger partial charge in [0, 0.05) is 32.5 Å². The van der Waals surface area contributed by atoms with Gasteiger partial charge >= 0.3 is 5.97 Å². The second-order valence-electron chi connectivity index (χ2n) is 4.48. The standard InChI is InChI=1S/C11H17N3O2/c1-4-16-9(15)11(2)7-14(8-11)10-12-5-6-13(10)3/h5-6H,4,7-8H2,1-3H3. The molecule has 5 nitrogen and oxygen atoms in total. The van der Waals surface area contributed by atoms with E-state index >= 15 is 0 Å². The molecule has 0 spiro atoms. The minimum absolute atomic E-state index is 0.111. The predicted octanol–water partition coefficient (Wildman–Crippen LogP) is 0.809. The first-order chi connectivity index (χ1) is 7.57. The van der Waals surface area contributed by atoms with E-state index in [0.29, 0.717) is 19.7 Å². The van der Waals surface area contributed by atoms with Crippen molar-refractivity contribution in [3.05, 3.63) is 12.4 Å². The van der Waals surface area contributed by atoms with Gasteiger partial charge in [-0.25, -0.2) is 4.98 Å². The number of hydrogen-bond acceptors (Lipinski definition) is 4. The van der Waals surface area contributed by atoms with E-state index in [4.69, 9.17) is 4.74 Å². The summed E-state index contributed by atoms with van der Waals surface area (Å²) in [6, 6.07) is 0. The van der Waals surface area contributed by atoms with Crippen LogP contribution in [0.1, 0.15) is 13.8 Å². The highest BCUT2D eigenvalue weighted by molar-refractivity contribution is 5.80. The van der Waals surface area contributed by atoms with E-state index in [0.717, 1.165) is 5.95 Å². The molecular weight excluding hydrogens is 206 g/mol. The predicted molar refractivity (Wildman–Crippen MR) is 60.2 cm³/mol. The van der Waals surface area contributed by atoms with Gasteiger partial charge in [-0.05, 0) is 13.8 Å². The van der Waals surface area contributed by atoms with Gasteiger partial charge in [-0.15, -0.1) is 0 Å². The summed E-state index contributed by atoms with van der Waals surface area (Å²) in [7, 11) is 1.95. The number of hydrogen-bond donors (Lipinski definition) is 0. The van der Waals surface area contributed by atoms with Gasteiger partial charge in [-0.3, -0.25) is 4.79 Å². The summed E-state index contributed by atoms with van der Waals surface area (Å²) in [5.41, 5.74) is -0.373. The van der Waals surface area contributed by atoms with Crippen molar-refractivity contribution >= 4 is 11.9 Å². The first kappa shape index (κ1) is 11.0. The molecule has 5 heteroatoms. The van der Waals surface area contributed by atoms with Crippen LogP contribution in [0.15, 0.2) is 12.4 Å². The minimum atomic E-state index is -0.373. The minimum Gasteiger partial charge on any atom is -0.465 e. The first-order valence-corrected chi connectivity index (χ1v) is 5.46. The van der Waals surface area contributed by atoms with Gasteiger partial charge in [0.15, 0.2) is 0 Å². The van der Waals surface area contributed by atoms with Crippen LogP contribution < -0.4 is 4.90 Å². The molecule has 0 aliphatic carbocycles. The van der Waals surface area contributed by atoms with E-state index in [1.807, 2.05) is 31.7 Å². The summed E-state index contributed by atoms with van der Waals surface area (Å²) in [6.07, 6.45) is 3.66. The summed E-state index contributed by atoms with van der Waals surface area (Å²) < 4.78 is 7.00. The Morgan fingerprint density at radius 1 is 1.62 bits per heavy atom. The molecule has 88 valence electrons. The molecule has 0 amide bonds. The zero-order valence-corrected chi connectivity index (χ0v) is 9.93. The molecule has 0 radical (unpaired) electrons. The SMILES string of the molecule is CCOC(=O)C1(C)CN(c2nccn2C)C1. The fraction of sp³-hybridized carbons (Fsp3) is 0.636. The van der Waals surface area contributed by atoms with Gasteiger partial charge in [-0.1, -0.05) is 0 Å². The number of imidazole rings is 1. The van der Waals surface area contributed by atoms with Gasteiger partial charge in [0.25, 0.3) is 0 Å². The lowest BCUT2D eigenvalue weighted by Crippen LogP contribution is -2.60. The van der Waals surface area contributed by atoms with Crippen LogP contribution in [0, 0.1) is 5.41 Å². The van der Waals surface area contributed by atoms with Crippen LogP contribution in [0.5, 0.6) is 0 Å². The Bertz CT molecular complexity index is 394. The molecule has 1 fully saturated rings. The Labute approximate surface area is 95.0 Å². The maximum Gasteiger partial charge on any atom is 0.315 e. The lowest BCUT2D eigenvalue weighted by molar-refractivity contribution is -0.155. The number of rotatable bonds is 3. The Hall–Kier alpha value is -1.52. The Morgan fingerprint density at radius 2 is 2.31 bits per heavy atom. The third kappa shape index (κ3) is 1.66. The van der Waals surface area contributed by atoms with Crippen LogP contribution in [0.2, 0.25) is 0 Å². The van der Waals surface area contributed by atoms with Crippen molar-refractivity contribution in [3.63, 3.8) is 0 Å². The zero-order chi connectivity index (χ0) is 11.8. The maximum atomic E-state index is 11.7. The first-order valence-electron chi connectivity index (χ1n) is 5.46. The molecule has 1 aromatic heterocycles. The van der Waals surface area contributed by atoms with Crippen LogP contribution in [-0.2, 0) is 16.6 Å². The third-order valence-electron chi connectivity index (χ3n) is 2.93. The highest BCUT2D eigenvalue weighted by Crippen LogP contribution is 2.34. The maximum absolute atomic E-state index is 11.7. The average molecular weight is 223 g/mol. The molecule has 16 heavy (non-hydrogen) atoms. The number of nitrogens with zero attached hydrogens (tertiary/aromatic N) is 3. The molecule has 1 aromatic rings. The normalized spacial score (nSPS) is 18.1. The highest BCUT2D eigenvalue weighted by Gasteiger charge is 2.47. The molecule has 1 aliphatic rings. The largest absolute Gasteiger partial charge is 0.465 e. The zero-order valence-electron chi connectivity index (χ0n) is 9.93. The second-order valence-corrected chi connectivity index (χ2v) is 4.48. The molecule has 0 saturated carbocycles. The number of anilines is 1. The van der Waals surface area contributed by atoms with Crippen LogP contribution >= 0.6 is 0 Å². The van der Waals surface area contributed by atoms with E-state index in [2.05, 4.69) is 9.88 Å². The quantitative estimate of drug-likeness (QED) is 0.711. The van der Waals surface area contributed by atoms with Gasteiger partial charge in [0.05, 0.1) is 6.61 Å². The fourth-order valence-electron chi connectivity index (χ4n) is 2.03. The molecule has 1 aliphatic heterocycles. The van der Waals surface area contributed by atoms with Gasteiger partial charge in [0.2, 0.25) is 5.95 Å². The molecule has 2 rings (SSSR count). The molecule has 0 aromatic carbocycles. The monoisotopic (exact) mass is 223 g/mol. The second kappa shape index (κ2) is 3.81. The molecular formula is C11H17N3O2. The Morgan fingerprint density at radius 3 is 2.81 bits per heavy atom. The van der Waals surface area contributed by atoms with Gasteiger partial charge in [0.1, 0.15) is 5.41 Å². The van der Waals surface area contributed by atoms with E-state index in [-0.39, 0.29) is 11.4 Å². The van der Waals surface area contributed by atoms with Crippen molar-refractivity contribution in [1.82, 2.24) is 9.55 Å². The fourth-order valence-corrected chi connectivity index (χ4v) is 2.03. The van der Waals surface area contributed by atoms with Crippen LogP contribution in [0.25, 0.3) is 0 Å². The summed E-state index contributed by atoms with van der Waals surface area (Å²) in [5, 5.41) is 0. The third-order valence-corrected chi connectivity index (χ3v) is 2.93. The molecule has 0 atom stereocenters. The van der Waals surface area contributed by atoms with Crippen LogP contribution in [-0.4, -0.2) is 35.2 Å². The summed E-state index contributed by atoms with van der Waals surface area (Å²) in [4.78, 5) is 18.0. The molecule has 1 saturated heterocycles. The van der Waals surface area contributed by atoms with Crippen molar-refractivity contribution in [1.29, 1.82) is 0 Å². The van der Waals surface area contributed by atoms with Crippen LogP contribution in [0.4, 0.5) is 5.95 Å². The van der Waals surface area contributed by atoms with Crippen molar-refractivity contribution in [2.24, 2.45) is 12.5 Å². The Balaban J connectivity index is 1.99. The van der Waals surface area contributed by atoms with Crippen molar-refractivity contribution < 1.29 is 9.53 Å². The average Bonchev–Trinajstić information content (AvgIpc) is 2.60. The molecule has 0 N–H and O–H groups in total. The van der Waals surface area contributed by atoms with E-state index < -0.39 is 0 Å². The highest BCUT2D eigenvalue weighted by atomic mass is 16.5. The van der Waals surface area contributed by atoms with E-state index in [9.17, 15) is 4.79 Å². The summed E-state index contributed by atoms with van der Waals surface area (Å²) in [6.45, 7) is 5.56. The number of aromatic nitrogens is 2. The van der Waals surface area contributed by atoms with E-state index in [1.165, 1.54) is 0 Å². The van der Waals surface area contributed by atoms with E-state index in [1.54, 1.807) is 6.20 Å². The lowest BCUT2D eigenvalue weighted by Gasteiger charge is -2.46. The van der Waals surface area contributed by atoms with Crippen molar-refractivity contribution in [3.8, 4) is 0 Å². The molecule has 0 unspecified atom stereocenters. The number of aryl methyl sites for hydroxylation is 1. The van der Waals surface area contributed by atoms with Crippen LogP contribution in [0.3, 0.4) is 0 Å². The molecule has 0 bridgehead atoms. The number of ether oxygens (including phenoxy) is 1. The van der Waals surface area contributed by atoms with Gasteiger partial charge in [-0.2, -0.15) is 0 Å². The number of esters is 1.